The highest BCUT2D eigenvalue weighted by atomic mass is 19.1. The van der Waals surface area contributed by atoms with E-state index in [9.17, 15) is 9.18 Å². The van der Waals surface area contributed by atoms with E-state index in [0.29, 0.717) is 25.9 Å². The monoisotopic (exact) mass is 379 g/mol. The minimum atomic E-state index is -1.04. The molecule has 4 rings (SSSR count). The fraction of sp³-hybridized carbons (Fsp3) is 0.800. The molecule has 7 heteroatoms. The van der Waals surface area contributed by atoms with E-state index in [2.05, 4.69) is 15.3 Å². The Kier molecular flexibility index (Phi) is 6.87. The molecule has 0 radical (unpaired) electrons. The first-order valence-electron chi connectivity index (χ1n) is 10.6. The summed E-state index contributed by atoms with van der Waals surface area (Å²) >= 11 is 0. The molecule has 0 atom stereocenters. The lowest BCUT2D eigenvalue weighted by Gasteiger charge is -2.41. The van der Waals surface area contributed by atoms with Gasteiger partial charge in [-0.15, -0.1) is 0 Å². The normalized spacial score (nSPS) is 24.0. The Hall–Kier alpha value is -1.47. The van der Waals surface area contributed by atoms with Crippen LogP contribution in [0, 0.1) is 0 Å². The van der Waals surface area contributed by atoms with Crippen LogP contribution in [-0.4, -0.2) is 76.5 Å². The van der Waals surface area contributed by atoms with Crippen molar-refractivity contribution in [3.8, 4) is 0 Å². The van der Waals surface area contributed by atoms with Crippen molar-refractivity contribution in [2.45, 2.75) is 64.2 Å². The zero-order valence-electron chi connectivity index (χ0n) is 16.8. The minimum Gasteiger partial charge on any atom is -0.338 e. The molecular weight excluding hydrogens is 345 g/mol. The van der Waals surface area contributed by atoms with Crippen molar-refractivity contribution in [3.05, 3.63) is 18.0 Å². The number of rotatable bonds is 3. The molecule has 0 bridgehead atoms. The number of likely N-dealkylation sites (tertiary alicyclic amines) is 1. The fourth-order valence-electron chi connectivity index (χ4n) is 4.50. The summed E-state index contributed by atoms with van der Waals surface area (Å²) in [7, 11) is 0. The highest BCUT2D eigenvalue weighted by molar-refractivity contribution is 5.76. The molecule has 27 heavy (non-hydrogen) atoms. The number of aromatic nitrogens is 2. The molecule has 1 aromatic rings. The number of alkyl halides is 1. The van der Waals surface area contributed by atoms with Crippen LogP contribution in [0.25, 0.3) is 0 Å². The third-order valence-electron chi connectivity index (χ3n) is 6.02. The zero-order valence-corrected chi connectivity index (χ0v) is 16.8. The summed E-state index contributed by atoms with van der Waals surface area (Å²) in [5.41, 5.74) is 0.102. The highest BCUT2D eigenvalue weighted by Gasteiger charge is 2.36. The molecule has 1 N–H and O–H groups in total. The van der Waals surface area contributed by atoms with Crippen molar-refractivity contribution in [2.75, 3.05) is 39.3 Å². The Morgan fingerprint density at radius 1 is 1.22 bits per heavy atom. The lowest BCUT2D eigenvalue weighted by molar-refractivity contribution is -0.135. The number of nitrogens with zero attached hydrogens (tertiary/aromatic N) is 4. The number of halogens is 1. The molecule has 0 spiro atoms. The van der Waals surface area contributed by atoms with E-state index in [-0.39, 0.29) is 11.9 Å². The molecule has 2 saturated heterocycles. The second-order valence-corrected chi connectivity index (χ2v) is 7.73. The summed E-state index contributed by atoms with van der Waals surface area (Å²) in [6.45, 7) is 9.01. The second kappa shape index (κ2) is 9.15. The number of hydrogen-bond donors (Lipinski definition) is 1. The molecule has 0 aromatic carbocycles. The average molecular weight is 380 g/mol. The van der Waals surface area contributed by atoms with Crippen molar-refractivity contribution in [2.24, 2.45) is 0 Å². The molecule has 0 aliphatic carbocycles. The summed E-state index contributed by atoms with van der Waals surface area (Å²) in [5.74, 6) is 0.168. The molecule has 2 fully saturated rings. The predicted octanol–water partition coefficient (Wildman–Crippen LogP) is 1.85. The van der Waals surface area contributed by atoms with Crippen LogP contribution >= 0.6 is 0 Å². The van der Waals surface area contributed by atoms with Gasteiger partial charge in [-0.25, -0.2) is 4.39 Å². The van der Waals surface area contributed by atoms with Crippen LogP contribution in [0.2, 0.25) is 0 Å². The van der Waals surface area contributed by atoms with Gasteiger partial charge in [-0.05, 0) is 44.8 Å². The van der Waals surface area contributed by atoms with Crippen LogP contribution in [0.5, 0.6) is 0 Å². The van der Waals surface area contributed by atoms with Crippen LogP contribution in [0.4, 0.5) is 4.39 Å². The number of nitrogens with one attached hydrogen (secondary N) is 1. The maximum Gasteiger partial charge on any atom is 0.244 e. The van der Waals surface area contributed by atoms with Crippen molar-refractivity contribution >= 4 is 5.91 Å². The van der Waals surface area contributed by atoms with Gasteiger partial charge in [0, 0.05) is 50.5 Å². The number of carbonyl (C=O) groups is 1. The molecule has 6 nitrogen and oxygen atoms in total. The van der Waals surface area contributed by atoms with E-state index < -0.39 is 5.67 Å². The molecule has 0 saturated carbocycles. The first-order valence-corrected chi connectivity index (χ1v) is 10.6. The first-order chi connectivity index (χ1) is 13.1. The van der Waals surface area contributed by atoms with Gasteiger partial charge in [-0.1, -0.05) is 13.8 Å². The quantitative estimate of drug-likeness (QED) is 0.871. The van der Waals surface area contributed by atoms with E-state index >= 15 is 0 Å². The smallest absolute Gasteiger partial charge is 0.244 e. The van der Waals surface area contributed by atoms with E-state index in [1.807, 2.05) is 29.5 Å². The van der Waals surface area contributed by atoms with E-state index in [1.54, 1.807) is 6.20 Å². The first kappa shape index (κ1) is 20.3. The lowest BCUT2D eigenvalue weighted by Crippen LogP contribution is -2.52. The van der Waals surface area contributed by atoms with E-state index in [0.717, 1.165) is 57.7 Å². The van der Waals surface area contributed by atoms with Gasteiger partial charge in [-0.2, -0.15) is 5.10 Å². The van der Waals surface area contributed by atoms with Crippen molar-refractivity contribution in [3.63, 3.8) is 0 Å². The van der Waals surface area contributed by atoms with Crippen LogP contribution in [0.3, 0.4) is 0 Å². The number of carbonyl (C=O) groups excluding carboxylic acids is 1. The molecule has 3 aliphatic rings. The SMILES string of the molecule is CC.O=C1Cn2nccc2CCN1C1CCN(CC2(F)CCNCC2)CC1. The third kappa shape index (κ3) is 4.88. The number of fused-ring (bicyclic) bond motifs is 1. The van der Waals surface area contributed by atoms with Gasteiger partial charge in [0.05, 0.1) is 0 Å². The van der Waals surface area contributed by atoms with Gasteiger partial charge in [-0.3, -0.25) is 9.48 Å². The summed E-state index contributed by atoms with van der Waals surface area (Å²) in [6.07, 6.45) is 5.76. The van der Waals surface area contributed by atoms with Crippen LogP contribution < -0.4 is 5.32 Å². The summed E-state index contributed by atoms with van der Waals surface area (Å²) in [5, 5.41) is 7.48. The molecule has 3 aliphatic heterocycles. The Morgan fingerprint density at radius 3 is 2.63 bits per heavy atom. The van der Waals surface area contributed by atoms with Gasteiger partial charge in [0.2, 0.25) is 5.91 Å². The van der Waals surface area contributed by atoms with Crippen LogP contribution in [0.1, 0.15) is 45.2 Å². The lowest BCUT2D eigenvalue weighted by atomic mass is 9.92. The maximum absolute atomic E-state index is 14.9. The zero-order chi connectivity index (χ0) is 19.3. The second-order valence-electron chi connectivity index (χ2n) is 7.73. The molecular formula is C20H34FN5O. The van der Waals surface area contributed by atoms with Gasteiger partial charge in [0.15, 0.2) is 0 Å². The van der Waals surface area contributed by atoms with E-state index in [4.69, 9.17) is 0 Å². The summed E-state index contributed by atoms with van der Waals surface area (Å²) in [4.78, 5) is 16.9. The minimum absolute atomic E-state index is 0.168. The molecule has 4 heterocycles. The Bertz CT molecular complexity index is 605. The highest BCUT2D eigenvalue weighted by Crippen LogP contribution is 2.27. The fourth-order valence-corrected chi connectivity index (χ4v) is 4.50. The van der Waals surface area contributed by atoms with Crippen molar-refractivity contribution in [1.29, 1.82) is 0 Å². The van der Waals surface area contributed by atoms with Crippen molar-refractivity contribution in [1.82, 2.24) is 24.9 Å². The maximum atomic E-state index is 14.9. The van der Waals surface area contributed by atoms with Gasteiger partial charge >= 0.3 is 0 Å². The number of piperidine rings is 2. The Balaban J connectivity index is 0.00000102. The Labute approximate surface area is 162 Å². The average Bonchev–Trinajstić information content (AvgIpc) is 3.05. The van der Waals surface area contributed by atoms with E-state index in [1.165, 1.54) is 0 Å². The topological polar surface area (TPSA) is 53.4 Å². The molecule has 152 valence electrons. The third-order valence-corrected chi connectivity index (χ3v) is 6.02. The summed E-state index contributed by atoms with van der Waals surface area (Å²) in [6, 6.07) is 2.29. The molecule has 1 aromatic heterocycles. The van der Waals surface area contributed by atoms with Gasteiger partial charge in [0.25, 0.3) is 0 Å². The molecule has 1 amide bonds. The van der Waals surface area contributed by atoms with Gasteiger partial charge < -0.3 is 15.1 Å². The van der Waals surface area contributed by atoms with Crippen molar-refractivity contribution < 1.29 is 9.18 Å². The molecule has 0 unspecified atom stereocenters. The van der Waals surface area contributed by atoms with Crippen LogP contribution in [0.15, 0.2) is 12.3 Å². The predicted molar refractivity (Wildman–Crippen MR) is 104 cm³/mol. The standard InChI is InChI=1S/C18H28FN5O.C2H6/c19-18(5-8-20-9-6-18)14-22-10-2-15(3-11-22)23-12-4-16-1-7-21-24(16)13-17(23)25;1-2/h1,7,15,20H,2-6,8-14H2;1-2H3. The number of amides is 1. The largest absolute Gasteiger partial charge is 0.338 e. The Morgan fingerprint density at radius 2 is 1.93 bits per heavy atom. The van der Waals surface area contributed by atoms with Gasteiger partial charge in [0.1, 0.15) is 12.2 Å². The van der Waals surface area contributed by atoms with Crippen LogP contribution in [-0.2, 0) is 17.8 Å². The number of hydrogen-bond acceptors (Lipinski definition) is 4. The summed E-state index contributed by atoms with van der Waals surface area (Å²) < 4.78 is 16.7.